The molecule has 1 unspecified atom stereocenters. The highest BCUT2D eigenvalue weighted by molar-refractivity contribution is 5.70. The smallest absolute Gasteiger partial charge is 0.306 e. The molecule has 5 nitrogen and oxygen atoms in total. The van der Waals surface area contributed by atoms with E-state index in [0.717, 1.165) is 116 Å². The molecule has 0 radical (unpaired) electrons. The molecule has 0 saturated carbocycles. The number of rotatable bonds is 50. The molecule has 0 spiro atoms. The summed E-state index contributed by atoms with van der Waals surface area (Å²) in [5.74, 6) is -0.432. The van der Waals surface area contributed by atoms with Crippen LogP contribution in [0, 0.1) is 0 Å². The monoisotopic (exact) mass is 917 g/mol. The quantitative estimate of drug-likeness (QED) is 0.0346. The van der Waals surface area contributed by atoms with Gasteiger partial charge in [-0.25, -0.2) is 0 Å². The Balaban J connectivity index is 4.36. The minimum Gasteiger partial charge on any atom is -0.462 e. The Labute approximate surface area is 409 Å². The summed E-state index contributed by atoms with van der Waals surface area (Å²) in [6.07, 6.45) is 75.6. The maximum atomic E-state index is 12.8. The molecule has 66 heavy (non-hydrogen) atoms. The Morgan fingerprint density at radius 3 is 1.09 bits per heavy atom. The van der Waals surface area contributed by atoms with Crippen molar-refractivity contribution in [3.05, 3.63) is 97.2 Å². The number of unbranched alkanes of at least 4 members (excludes halogenated alkanes) is 23. The fraction of sp³-hybridized carbons (Fsp3) is 0.705. The van der Waals surface area contributed by atoms with Crippen molar-refractivity contribution in [1.29, 1.82) is 0 Å². The van der Waals surface area contributed by atoms with Gasteiger partial charge in [0, 0.05) is 19.4 Å². The van der Waals surface area contributed by atoms with E-state index in [0.29, 0.717) is 19.4 Å². The van der Waals surface area contributed by atoms with E-state index in [4.69, 9.17) is 14.2 Å². The van der Waals surface area contributed by atoms with Gasteiger partial charge in [0.1, 0.15) is 6.61 Å². The fourth-order valence-corrected chi connectivity index (χ4v) is 7.55. The van der Waals surface area contributed by atoms with Gasteiger partial charge in [-0.2, -0.15) is 0 Å². The van der Waals surface area contributed by atoms with Gasteiger partial charge < -0.3 is 14.2 Å². The van der Waals surface area contributed by atoms with E-state index < -0.39 is 6.10 Å². The summed E-state index contributed by atoms with van der Waals surface area (Å²) in [5, 5.41) is 0. The summed E-state index contributed by atoms with van der Waals surface area (Å²) in [4.78, 5) is 25.5. The van der Waals surface area contributed by atoms with E-state index in [2.05, 4.69) is 118 Å². The molecular formula is C61H104O5. The summed E-state index contributed by atoms with van der Waals surface area (Å²) in [6.45, 7) is 7.55. The second kappa shape index (κ2) is 56.1. The third-order valence-corrected chi connectivity index (χ3v) is 11.6. The van der Waals surface area contributed by atoms with Crippen LogP contribution in [0.5, 0.6) is 0 Å². The van der Waals surface area contributed by atoms with Gasteiger partial charge >= 0.3 is 11.9 Å². The largest absolute Gasteiger partial charge is 0.462 e. The molecule has 0 N–H and O–H groups in total. The van der Waals surface area contributed by atoms with Gasteiger partial charge in [-0.15, -0.1) is 0 Å². The molecule has 0 amide bonds. The lowest BCUT2D eigenvalue weighted by atomic mass is 10.0. The van der Waals surface area contributed by atoms with Crippen LogP contribution in [0.1, 0.15) is 252 Å². The van der Waals surface area contributed by atoms with Crippen LogP contribution in [0.25, 0.3) is 0 Å². The summed E-state index contributed by atoms with van der Waals surface area (Å²) >= 11 is 0. The molecule has 0 fully saturated rings. The Morgan fingerprint density at radius 2 is 0.682 bits per heavy atom. The maximum Gasteiger partial charge on any atom is 0.306 e. The first-order valence-electron chi connectivity index (χ1n) is 27.8. The molecule has 0 heterocycles. The molecule has 0 aliphatic heterocycles. The van der Waals surface area contributed by atoms with Crippen LogP contribution < -0.4 is 0 Å². The minimum atomic E-state index is -0.560. The molecule has 0 saturated heterocycles. The summed E-state index contributed by atoms with van der Waals surface area (Å²) in [5.41, 5.74) is 0. The Bertz CT molecular complexity index is 1270. The maximum absolute atomic E-state index is 12.8. The first kappa shape index (κ1) is 62.8. The number of allylic oxidation sites excluding steroid dienone is 16. The lowest BCUT2D eigenvalue weighted by molar-refractivity contribution is -0.163. The van der Waals surface area contributed by atoms with E-state index in [1.54, 1.807) is 0 Å². The number of carbonyl (C=O) groups excluding carboxylic acids is 2. The van der Waals surface area contributed by atoms with Gasteiger partial charge in [0.2, 0.25) is 0 Å². The number of carbonyl (C=O) groups is 2. The van der Waals surface area contributed by atoms with Crippen molar-refractivity contribution < 1.29 is 23.8 Å². The molecule has 0 aromatic rings. The summed E-state index contributed by atoms with van der Waals surface area (Å²) in [6, 6.07) is 0. The molecular weight excluding hydrogens is 813 g/mol. The molecule has 1 atom stereocenters. The van der Waals surface area contributed by atoms with E-state index in [1.165, 1.54) is 103 Å². The first-order chi connectivity index (χ1) is 32.6. The van der Waals surface area contributed by atoms with Crippen molar-refractivity contribution in [3.63, 3.8) is 0 Å². The predicted octanol–water partition coefficient (Wildman–Crippen LogP) is 19.0. The zero-order valence-electron chi connectivity index (χ0n) is 43.4. The van der Waals surface area contributed by atoms with Crippen molar-refractivity contribution in [1.82, 2.24) is 0 Å². The van der Waals surface area contributed by atoms with Crippen molar-refractivity contribution in [2.75, 3.05) is 19.8 Å². The van der Waals surface area contributed by atoms with Crippen LogP contribution in [-0.2, 0) is 23.8 Å². The lowest BCUT2D eigenvalue weighted by Gasteiger charge is -2.18. The SMILES string of the molecule is CC/C=C\C/C=C\C/C=C\C/C=C\CCCCCCCOCC(COC(=O)CCCCCC/C=C\C/C=C\C/C=C\C/C=C\CC)OC(=O)CCCCCCCCCCCCCCCCC. The highest BCUT2D eigenvalue weighted by Crippen LogP contribution is 2.15. The van der Waals surface area contributed by atoms with Crippen molar-refractivity contribution in [3.8, 4) is 0 Å². The van der Waals surface area contributed by atoms with Crippen LogP contribution in [0.4, 0.5) is 0 Å². The lowest BCUT2D eigenvalue weighted by Crippen LogP contribution is -2.30. The average molecular weight is 917 g/mol. The highest BCUT2D eigenvalue weighted by atomic mass is 16.6. The van der Waals surface area contributed by atoms with Crippen LogP contribution >= 0.6 is 0 Å². The topological polar surface area (TPSA) is 61.8 Å². The zero-order valence-corrected chi connectivity index (χ0v) is 43.4. The third kappa shape index (κ3) is 53.4. The van der Waals surface area contributed by atoms with E-state index in [9.17, 15) is 9.59 Å². The van der Waals surface area contributed by atoms with Crippen LogP contribution in [0.15, 0.2) is 97.2 Å². The number of ether oxygens (including phenoxy) is 3. The van der Waals surface area contributed by atoms with Crippen molar-refractivity contribution >= 4 is 11.9 Å². The van der Waals surface area contributed by atoms with Gasteiger partial charge in [-0.1, -0.05) is 240 Å². The van der Waals surface area contributed by atoms with Crippen LogP contribution in [0.2, 0.25) is 0 Å². The van der Waals surface area contributed by atoms with Gasteiger partial charge in [0.25, 0.3) is 0 Å². The Morgan fingerprint density at radius 1 is 0.348 bits per heavy atom. The van der Waals surface area contributed by atoms with Crippen LogP contribution in [-0.4, -0.2) is 37.9 Å². The van der Waals surface area contributed by atoms with Gasteiger partial charge in [-0.05, 0) is 96.3 Å². The summed E-state index contributed by atoms with van der Waals surface area (Å²) < 4.78 is 17.4. The van der Waals surface area contributed by atoms with Gasteiger partial charge in [0.15, 0.2) is 6.10 Å². The molecule has 0 aromatic heterocycles. The van der Waals surface area contributed by atoms with E-state index >= 15 is 0 Å². The minimum absolute atomic E-state index is 0.0621. The Kier molecular flexibility index (Phi) is 53.4. The number of hydrogen-bond donors (Lipinski definition) is 0. The normalized spacial score (nSPS) is 13.0. The van der Waals surface area contributed by atoms with Crippen molar-refractivity contribution in [2.45, 2.75) is 258 Å². The first-order valence-corrected chi connectivity index (χ1v) is 27.8. The fourth-order valence-electron chi connectivity index (χ4n) is 7.55. The average Bonchev–Trinajstić information content (AvgIpc) is 3.32. The molecule has 0 rings (SSSR count). The molecule has 0 aromatic carbocycles. The predicted molar refractivity (Wildman–Crippen MR) is 288 cm³/mol. The molecule has 5 heteroatoms. The number of esters is 2. The summed E-state index contributed by atoms with van der Waals surface area (Å²) in [7, 11) is 0. The molecule has 0 aliphatic rings. The van der Waals surface area contributed by atoms with E-state index in [1.807, 2.05) is 0 Å². The number of hydrogen-bond acceptors (Lipinski definition) is 5. The zero-order chi connectivity index (χ0) is 47.7. The second-order valence-electron chi connectivity index (χ2n) is 18.1. The van der Waals surface area contributed by atoms with Gasteiger partial charge in [-0.3, -0.25) is 9.59 Å². The standard InChI is InChI=1S/C61H104O5/c1-4-7-10-13-16-19-22-25-28-30-32-35-38-41-44-47-50-53-56-64-57-59(66-61(63)55-52-49-46-43-40-37-33-27-24-21-18-15-12-9-6-3)58-65-60(62)54-51-48-45-42-39-36-34-31-29-26-23-20-17-14-11-8-5-2/h7-8,10-11,16-17,19-20,25-26,28-29,32,34-36,59H,4-6,9,12-15,18,21-24,27,30-31,33,37-58H2,1-3H3/b10-7-,11-8-,19-16-,20-17-,28-25-,29-26-,35-32-,36-34-. The third-order valence-electron chi connectivity index (χ3n) is 11.6. The molecule has 0 aliphatic carbocycles. The van der Waals surface area contributed by atoms with Crippen molar-refractivity contribution in [2.24, 2.45) is 0 Å². The molecule has 378 valence electrons. The van der Waals surface area contributed by atoms with Crippen LogP contribution in [0.3, 0.4) is 0 Å². The second-order valence-corrected chi connectivity index (χ2v) is 18.1. The Hall–Kier alpha value is -3.18. The van der Waals surface area contributed by atoms with E-state index in [-0.39, 0.29) is 25.2 Å². The van der Waals surface area contributed by atoms with Gasteiger partial charge in [0.05, 0.1) is 6.61 Å². The molecule has 0 bridgehead atoms. The highest BCUT2D eigenvalue weighted by Gasteiger charge is 2.17.